The third-order valence-electron chi connectivity index (χ3n) is 7.73. The number of rotatable bonds is 15. The van der Waals surface area contributed by atoms with E-state index in [2.05, 4.69) is 32.5 Å². The molecule has 0 spiro atoms. The number of ether oxygens (including phenoxy) is 2. The number of aliphatic hydroxyl groups excluding tert-OH is 1. The summed E-state index contributed by atoms with van der Waals surface area (Å²) >= 11 is 14.0. The number of carbonyl (C=O) groups is 1. The molecule has 11 nitrogen and oxygen atoms in total. The lowest BCUT2D eigenvalue weighted by molar-refractivity contribution is -0.119. The molecular formula is C34H37Cl2N7O4. The van der Waals surface area contributed by atoms with Gasteiger partial charge < -0.3 is 30.5 Å². The number of methoxy groups -OCH3 is 2. The first-order valence-electron chi connectivity index (χ1n) is 15.2. The van der Waals surface area contributed by atoms with Gasteiger partial charge >= 0.3 is 0 Å². The van der Waals surface area contributed by atoms with E-state index >= 15 is 0 Å². The van der Waals surface area contributed by atoms with Crippen LogP contribution >= 0.6 is 23.2 Å². The summed E-state index contributed by atoms with van der Waals surface area (Å²) in [7, 11) is 3.10. The Morgan fingerprint density at radius 3 is 1.94 bits per heavy atom. The average Bonchev–Trinajstić information content (AvgIpc) is 3.49. The molecule has 0 saturated carbocycles. The van der Waals surface area contributed by atoms with Crippen LogP contribution in [-0.2, 0) is 17.9 Å². The predicted molar refractivity (Wildman–Crippen MR) is 183 cm³/mol. The van der Waals surface area contributed by atoms with E-state index in [4.69, 9.17) is 42.6 Å². The molecule has 1 unspecified atom stereocenters. The quantitative estimate of drug-likeness (QED) is 0.0887. The third kappa shape index (κ3) is 8.36. The van der Waals surface area contributed by atoms with Crippen molar-refractivity contribution in [2.45, 2.75) is 44.8 Å². The highest BCUT2D eigenvalue weighted by Gasteiger charge is 2.21. The van der Waals surface area contributed by atoms with Crippen LogP contribution in [0.25, 0.3) is 33.6 Å². The maximum atomic E-state index is 11.5. The summed E-state index contributed by atoms with van der Waals surface area (Å²) in [6.07, 6.45) is 5.99. The second-order valence-electron chi connectivity index (χ2n) is 11.0. The molecule has 47 heavy (non-hydrogen) atoms. The molecule has 2 aromatic heterocycles. The zero-order chi connectivity index (χ0) is 33.3. The molecule has 246 valence electrons. The van der Waals surface area contributed by atoms with Crippen LogP contribution in [0.3, 0.4) is 0 Å². The Hall–Kier alpha value is -4.29. The minimum Gasteiger partial charge on any atom is -0.513 e. The van der Waals surface area contributed by atoms with Gasteiger partial charge in [0.1, 0.15) is 11.4 Å². The zero-order valence-electron chi connectivity index (χ0n) is 26.3. The van der Waals surface area contributed by atoms with Crippen LogP contribution in [-0.4, -0.2) is 64.3 Å². The highest BCUT2D eigenvalue weighted by molar-refractivity contribution is 6.39. The van der Waals surface area contributed by atoms with Crippen molar-refractivity contribution >= 4 is 29.1 Å². The number of aliphatic hydroxyl groups is 1. The molecule has 1 atom stereocenters. The molecule has 1 fully saturated rings. The summed E-state index contributed by atoms with van der Waals surface area (Å²) in [5, 5.41) is 19.7. The monoisotopic (exact) mass is 677 g/mol. The molecule has 4 N–H and O–H groups in total. The first-order chi connectivity index (χ1) is 22.8. The van der Waals surface area contributed by atoms with Crippen LogP contribution < -0.4 is 25.4 Å². The van der Waals surface area contributed by atoms with Gasteiger partial charge in [0.2, 0.25) is 17.7 Å². The number of hydrogen-bond donors (Lipinski definition) is 4. The van der Waals surface area contributed by atoms with Gasteiger partial charge in [-0.3, -0.25) is 14.8 Å². The smallest absolute Gasteiger partial charge is 0.237 e. The Morgan fingerprint density at radius 2 is 1.45 bits per heavy atom. The second-order valence-corrected chi connectivity index (χ2v) is 11.8. The number of nitrogens with zero attached hydrogens (tertiary/aromatic N) is 4. The van der Waals surface area contributed by atoms with Gasteiger partial charge in [-0.05, 0) is 19.4 Å². The normalized spacial score (nSPS) is 14.2. The van der Waals surface area contributed by atoms with Gasteiger partial charge in [-0.15, -0.1) is 0 Å². The molecule has 2 aromatic carbocycles. The van der Waals surface area contributed by atoms with E-state index < -0.39 is 0 Å². The lowest BCUT2D eigenvalue weighted by Crippen LogP contribution is -2.35. The van der Waals surface area contributed by atoms with Crippen molar-refractivity contribution in [2.24, 2.45) is 0 Å². The summed E-state index contributed by atoms with van der Waals surface area (Å²) in [5.41, 5.74) is 5.18. The van der Waals surface area contributed by atoms with Crippen molar-refractivity contribution in [1.82, 2.24) is 35.9 Å². The van der Waals surface area contributed by atoms with Gasteiger partial charge in [-0.2, -0.15) is 0 Å². The number of hydrogen-bond acceptors (Lipinski definition) is 10. The number of carbonyl (C=O) groups excluding carboxylic acids is 1. The van der Waals surface area contributed by atoms with Gasteiger partial charge in [0.25, 0.3) is 0 Å². The highest BCUT2D eigenvalue weighted by Crippen LogP contribution is 2.42. The maximum Gasteiger partial charge on any atom is 0.237 e. The van der Waals surface area contributed by atoms with Gasteiger partial charge in [0.05, 0.1) is 53.8 Å². The highest BCUT2D eigenvalue weighted by atomic mass is 35.5. The standard InChI is InChI=1S/C34H37Cl2N7O4/c1-20(44)7-6-14-37-16-28-33(46-2)42-26(18-39-28)24-10-4-8-22(31(24)35)23-9-5-11-25(32(23)36)27-19-40-29(34(43-27)47-3)17-38-15-21-12-13-30(45)41-21/h4-5,8-11,18-19,21,37-38,44H,1,6-7,12-17H2,2-3H3,(H,41,45). The topological polar surface area (TPSA) is 143 Å². The van der Waals surface area contributed by atoms with Crippen molar-refractivity contribution in [3.63, 3.8) is 0 Å². The van der Waals surface area contributed by atoms with E-state index in [0.717, 1.165) is 12.8 Å². The molecular weight excluding hydrogens is 641 g/mol. The van der Waals surface area contributed by atoms with Crippen LogP contribution in [0.15, 0.2) is 61.1 Å². The average molecular weight is 679 g/mol. The largest absolute Gasteiger partial charge is 0.513 e. The second kappa shape index (κ2) is 16.0. The molecule has 4 aromatic rings. The minimum absolute atomic E-state index is 0.0802. The van der Waals surface area contributed by atoms with Gasteiger partial charge in [-0.1, -0.05) is 66.2 Å². The molecule has 1 amide bonds. The van der Waals surface area contributed by atoms with E-state index in [1.54, 1.807) is 26.6 Å². The van der Waals surface area contributed by atoms with Gasteiger partial charge in [0, 0.05) is 60.8 Å². The Bertz CT molecular complexity index is 1750. The number of nitrogens with one attached hydrogen (secondary N) is 3. The lowest BCUT2D eigenvalue weighted by Gasteiger charge is -2.15. The maximum absolute atomic E-state index is 11.5. The SMILES string of the molecule is C=C(O)CCCNCc1ncc(-c2cccc(-c3cccc(-c4cnc(CNCC5CCC(=O)N5)c(OC)n4)c3Cl)c2Cl)nc1OC. The fourth-order valence-corrected chi connectivity index (χ4v) is 5.97. The van der Waals surface area contributed by atoms with E-state index in [1.807, 2.05) is 36.4 Å². The Balaban J connectivity index is 1.35. The Morgan fingerprint density at radius 1 is 0.915 bits per heavy atom. The third-order valence-corrected chi connectivity index (χ3v) is 8.54. The van der Waals surface area contributed by atoms with Crippen molar-refractivity contribution in [2.75, 3.05) is 27.3 Å². The Labute approximate surface area is 283 Å². The van der Waals surface area contributed by atoms with E-state index in [0.29, 0.717) is 106 Å². The van der Waals surface area contributed by atoms with E-state index in [9.17, 15) is 9.90 Å². The minimum atomic E-state index is 0.0802. The zero-order valence-corrected chi connectivity index (χ0v) is 27.8. The summed E-state index contributed by atoms with van der Waals surface area (Å²) in [6.45, 7) is 5.71. The van der Waals surface area contributed by atoms with Crippen LogP contribution in [0, 0.1) is 0 Å². The molecule has 13 heteroatoms. The molecule has 0 radical (unpaired) electrons. The molecule has 0 aliphatic carbocycles. The van der Waals surface area contributed by atoms with E-state index in [-0.39, 0.29) is 17.7 Å². The molecule has 1 aliphatic heterocycles. The van der Waals surface area contributed by atoms with Crippen molar-refractivity contribution < 1.29 is 19.4 Å². The van der Waals surface area contributed by atoms with Crippen LogP contribution in [0.1, 0.15) is 37.1 Å². The van der Waals surface area contributed by atoms with Gasteiger partial charge in [0.15, 0.2) is 0 Å². The predicted octanol–water partition coefficient (Wildman–Crippen LogP) is 5.90. The molecule has 1 saturated heterocycles. The molecule has 0 bridgehead atoms. The van der Waals surface area contributed by atoms with Crippen molar-refractivity contribution in [3.05, 3.63) is 82.6 Å². The molecule has 1 aliphatic rings. The summed E-state index contributed by atoms with van der Waals surface area (Å²) in [5.74, 6) is 1.02. The number of aromatic nitrogens is 4. The van der Waals surface area contributed by atoms with Gasteiger partial charge in [-0.25, -0.2) is 9.97 Å². The van der Waals surface area contributed by atoms with Crippen molar-refractivity contribution in [1.29, 1.82) is 0 Å². The van der Waals surface area contributed by atoms with Crippen molar-refractivity contribution in [3.8, 4) is 45.4 Å². The van der Waals surface area contributed by atoms with Crippen LogP contribution in [0.5, 0.6) is 11.8 Å². The fourth-order valence-electron chi connectivity index (χ4n) is 5.32. The number of halogens is 2. The number of amides is 1. The number of allylic oxidation sites excluding steroid dienone is 1. The first kappa shape index (κ1) is 34.1. The Kier molecular flexibility index (Phi) is 11.6. The summed E-state index contributed by atoms with van der Waals surface area (Å²) in [4.78, 5) is 30.1. The van der Waals surface area contributed by atoms with Crippen LogP contribution in [0.2, 0.25) is 10.0 Å². The fraction of sp³-hybridized carbons (Fsp3) is 0.324. The van der Waals surface area contributed by atoms with E-state index in [1.165, 1.54) is 0 Å². The first-order valence-corrected chi connectivity index (χ1v) is 16.0. The lowest BCUT2D eigenvalue weighted by atomic mass is 9.98. The summed E-state index contributed by atoms with van der Waals surface area (Å²) in [6, 6.07) is 11.4. The number of benzene rings is 2. The van der Waals surface area contributed by atoms with Crippen LogP contribution in [0.4, 0.5) is 0 Å². The molecule has 5 rings (SSSR count). The molecule has 3 heterocycles. The summed E-state index contributed by atoms with van der Waals surface area (Å²) < 4.78 is 11.1.